The largest absolute Gasteiger partial charge is 0.365 e. The Bertz CT molecular complexity index is 533. The molecule has 1 amide bonds. The second-order valence-electron chi connectivity index (χ2n) is 6.05. The van der Waals surface area contributed by atoms with Gasteiger partial charge in [-0.2, -0.15) is 0 Å². The Morgan fingerprint density at radius 2 is 2.29 bits per heavy atom. The van der Waals surface area contributed by atoms with Crippen LogP contribution in [0.4, 0.5) is 4.39 Å². The van der Waals surface area contributed by atoms with Crippen LogP contribution in [-0.4, -0.2) is 29.1 Å². The lowest BCUT2D eigenvalue weighted by atomic mass is 10.0. The standard InChI is InChI=1S/C16H19ClFNO2/c1-16(8-3-9-21-16)15(20)19(11-6-7-11)10-12-13(17)4-2-5-14(12)18/h2,4-5,11H,3,6-10H2,1H3/t16-/m1/s1. The molecule has 2 fully saturated rings. The predicted molar refractivity (Wildman–Crippen MR) is 78.6 cm³/mol. The Hall–Kier alpha value is -1.13. The van der Waals surface area contributed by atoms with Gasteiger partial charge in [-0.05, 0) is 44.7 Å². The summed E-state index contributed by atoms with van der Waals surface area (Å²) in [7, 11) is 0. The Morgan fingerprint density at radius 3 is 2.86 bits per heavy atom. The Labute approximate surface area is 129 Å². The molecule has 114 valence electrons. The van der Waals surface area contributed by atoms with Gasteiger partial charge in [0.25, 0.3) is 5.91 Å². The van der Waals surface area contributed by atoms with E-state index in [9.17, 15) is 9.18 Å². The fourth-order valence-corrected chi connectivity index (χ4v) is 3.08. The zero-order valence-corrected chi connectivity index (χ0v) is 12.8. The summed E-state index contributed by atoms with van der Waals surface area (Å²) in [6, 6.07) is 4.80. The second kappa shape index (κ2) is 5.58. The molecule has 1 aromatic carbocycles. The minimum absolute atomic E-state index is 0.0400. The third-order valence-corrected chi connectivity index (χ3v) is 4.66. The van der Waals surface area contributed by atoms with Crippen molar-refractivity contribution in [3.05, 3.63) is 34.6 Å². The molecule has 0 bridgehead atoms. The van der Waals surface area contributed by atoms with E-state index in [1.54, 1.807) is 17.0 Å². The maximum absolute atomic E-state index is 14.0. The number of rotatable bonds is 4. The molecule has 1 saturated carbocycles. The van der Waals surface area contributed by atoms with Crippen LogP contribution in [0.25, 0.3) is 0 Å². The number of hydrogen-bond acceptors (Lipinski definition) is 2. The molecule has 1 heterocycles. The Kier molecular flexibility index (Phi) is 3.93. The van der Waals surface area contributed by atoms with E-state index in [-0.39, 0.29) is 24.3 Å². The third-order valence-electron chi connectivity index (χ3n) is 4.31. The molecule has 5 heteroatoms. The normalized spacial score (nSPS) is 25.1. The molecule has 2 aliphatic rings. The molecule has 0 aromatic heterocycles. The number of halogens is 2. The van der Waals surface area contributed by atoms with Crippen molar-refractivity contribution >= 4 is 17.5 Å². The molecule has 3 nitrogen and oxygen atoms in total. The van der Waals surface area contributed by atoms with E-state index < -0.39 is 5.60 Å². The number of hydrogen-bond donors (Lipinski definition) is 0. The molecule has 21 heavy (non-hydrogen) atoms. The zero-order valence-electron chi connectivity index (χ0n) is 12.1. The quantitative estimate of drug-likeness (QED) is 0.851. The summed E-state index contributed by atoms with van der Waals surface area (Å²) in [5.74, 6) is -0.403. The van der Waals surface area contributed by atoms with Crippen LogP contribution in [0.15, 0.2) is 18.2 Å². The molecule has 1 aliphatic heterocycles. The van der Waals surface area contributed by atoms with Crippen molar-refractivity contribution in [2.24, 2.45) is 0 Å². The highest BCUT2D eigenvalue weighted by Crippen LogP contribution is 2.35. The summed E-state index contributed by atoms with van der Waals surface area (Å²) in [6.45, 7) is 2.66. The zero-order chi connectivity index (χ0) is 15.0. The second-order valence-corrected chi connectivity index (χ2v) is 6.45. The molecule has 3 rings (SSSR count). The molecule has 1 atom stereocenters. The summed E-state index contributed by atoms with van der Waals surface area (Å²) >= 11 is 6.09. The van der Waals surface area contributed by atoms with E-state index in [1.165, 1.54) is 6.07 Å². The summed E-state index contributed by atoms with van der Waals surface area (Å²) in [5, 5.41) is 0.367. The maximum atomic E-state index is 14.0. The lowest BCUT2D eigenvalue weighted by Gasteiger charge is -2.31. The van der Waals surface area contributed by atoms with Crippen LogP contribution >= 0.6 is 11.6 Å². The molecular formula is C16H19ClFNO2. The average molecular weight is 312 g/mol. The lowest BCUT2D eigenvalue weighted by molar-refractivity contribution is -0.152. The van der Waals surface area contributed by atoms with Crippen molar-refractivity contribution < 1.29 is 13.9 Å². The first-order valence-corrected chi connectivity index (χ1v) is 7.77. The van der Waals surface area contributed by atoms with Crippen molar-refractivity contribution in [3.63, 3.8) is 0 Å². The van der Waals surface area contributed by atoms with Crippen LogP contribution in [0.1, 0.15) is 38.2 Å². The Balaban J connectivity index is 1.84. The predicted octanol–water partition coefficient (Wildman–Crippen LogP) is 3.54. The van der Waals surface area contributed by atoms with Gasteiger partial charge in [0, 0.05) is 23.2 Å². The van der Waals surface area contributed by atoms with Crippen LogP contribution in [0.5, 0.6) is 0 Å². The van der Waals surface area contributed by atoms with Gasteiger partial charge < -0.3 is 9.64 Å². The first-order valence-electron chi connectivity index (χ1n) is 7.39. The van der Waals surface area contributed by atoms with E-state index in [1.807, 2.05) is 6.92 Å². The smallest absolute Gasteiger partial charge is 0.255 e. The van der Waals surface area contributed by atoms with Crippen LogP contribution < -0.4 is 0 Å². The number of benzene rings is 1. The first kappa shape index (κ1) is 14.8. The first-order chi connectivity index (χ1) is 10.0. The van der Waals surface area contributed by atoms with Crippen molar-refractivity contribution in [2.45, 2.75) is 50.8 Å². The molecular weight excluding hydrogens is 293 g/mol. The highest BCUT2D eigenvalue weighted by Gasteiger charge is 2.45. The maximum Gasteiger partial charge on any atom is 0.255 e. The molecule has 0 spiro atoms. The van der Waals surface area contributed by atoms with E-state index in [2.05, 4.69) is 0 Å². The van der Waals surface area contributed by atoms with Gasteiger partial charge in [0.1, 0.15) is 11.4 Å². The van der Waals surface area contributed by atoms with Crippen LogP contribution in [-0.2, 0) is 16.1 Å². The number of nitrogens with zero attached hydrogens (tertiary/aromatic N) is 1. The lowest BCUT2D eigenvalue weighted by Crippen LogP contribution is -2.47. The number of carbonyl (C=O) groups is 1. The molecule has 0 N–H and O–H groups in total. The number of amides is 1. The molecule has 0 unspecified atom stereocenters. The van der Waals surface area contributed by atoms with Gasteiger partial charge in [0.2, 0.25) is 0 Å². The highest BCUT2D eigenvalue weighted by atomic mass is 35.5. The third kappa shape index (κ3) is 2.92. The minimum atomic E-state index is -0.764. The van der Waals surface area contributed by atoms with Crippen molar-refractivity contribution in [3.8, 4) is 0 Å². The fraction of sp³-hybridized carbons (Fsp3) is 0.562. The van der Waals surface area contributed by atoms with Crippen molar-refractivity contribution in [1.82, 2.24) is 4.90 Å². The monoisotopic (exact) mass is 311 g/mol. The molecule has 1 aliphatic carbocycles. The van der Waals surface area contributed by atoms with E-state index >= 15 is 0 Å². The van der Waals surface area contributed by atoms with Crippen LogP contribution in [0, 0.1) is 5.82 Å². The van der Waals surface area contributed by atoms with Crippen molar-refractivity contribution in [2.75, 3.05) is 6.61 Å². The highest BCUT2D eigenvalue weighted by molar-refractivity contribution is 6.31. The molecule has 0 radical (unpaired) electrons. The molecule has 1 saturated heterocycles. The number of ether oxygens (including phenoxy) is 1. The van der Waals surface area contributed by atoms with Gasteiger partial charge in [0.15, 0.2) is 0 Å². The van der Waals surface area contributed by atoms with Gasteiger partial charge >= 0.3 is 0 Å². The van der Waals surface area contributed by atoms with Gasteiger partial charge in [-0.3, -0.25) is 4.79 Å². The van der Waals surface area contributed by atoms with E-state index in [0.717, 1.165) is 25.7 Å². The summed E-state index contributed by atoms with van der Waals surface area (Å²) in [5.41, 5.74) is -0.374. The van der Waals surface area contributed by atoms with Crippen LogP contribution in [0.3, 0.4) is 0 Å². The van der Waals surface area contributed by atoms with Gasteiger partial charge in [0.05, 0.1) is 6.54 Å². The van der Waals surface area contributed by atoms with Gasteiger partial charge in [-0.25, -0.2) is 4.39 Å². The van der Waals surface area contributed by atoms with E-state index in [0.29, 0.717) is 17.2 Å². The fourth-order valence-electron chi connectivity index (χ4n) is 2.86. The topological polar surface area (TPSA) is 29.5 Å². The Morgan fingerprint density at radius 1 is 1.52 bits per heavy atom. The minimum Gasteiger partial charge on any atom is -0.365 e. The average Bonchev–Trinajstić information content (AvgIpc) is 3.19. The summed E-state index contributed by atoms with van der Waals surface area (Å²) in [4.78, 5) is 14.6. The van der Waals surface area contributed by atoms with E-state index in [4.69, 9.17) is 16.3 Å². The summed E-state index contributed by atoms with van der Waals surface area (Å²) < 4.78 is 19.6. The summed E-state index contributed by atoms with van der Waals surface area (Å²) in [6.07, 6.45) is 3.54. The van der Waals surface area contributed by atoms with Crippen molar-refractivity contribution in [1.29, 1.82) is 0 Å². The number of carbonyl (C=O) groups excluding carboxylic acids is 1. The van der Waals surface area contributed by atoms with Crippen LogP contribution in [0.2, 0.25) is 5.02 Å². The molecule has 1 aromatic rings. The SMILES string of the molecule is C[C@]1(C(=O)N(Cc2c(F)cccc2Cl)C2CC2)CCCO1. The van der Waals surface area contributed by atoms with Gasteiger partial charge in [-0.15, -0.1) is 0 Å². The van der Waals surface area contributed by atoms with Gasteiger partial charge in [-0.1, -0.05) is 17.7 Å².